The number of aromatic nitrogens is 2. The van der Waals surface area contributed by atoms with E-state index in [1.165, 1.54) is 12.1 Å². The Bertz CT molecular complexity index is 622. The maximum Gasteiger partial charge on any atom is 0.321 e. The molecule has 5 nitrogen and oxygen atoms in total. The van der Waals surface area contributed by atoms with Crippen molar-refractivity contribution in [3.05, 3.63) is 36.0 Å². The minimum Gasteiger partial charge on any atom is -0.465 e. The molecule has 0 aliphatic carbocycles. The number of rotatable bonds is 4. The highest BCUT2D eigenvalue weighted by molar-refractivity contribution is 5.80. The van der Waals surface area contributed by atoms with Crippen molar-refractivity contribution >= 4 is 5.97 Å². The van der Waals surface area contributed by atoms with Crippen molar-refractivity contribution in [3.8, 4) is 11.4 Å². The first-order valence-corrected chi connectivity index (χ1v) is 6.22. The summed E-state index contributed by atoms with van der Waals surface area (Å²) in [5, 5.41) is 3.78. The molecular weight excluding hydrogens is 263 g/mol. The van der Waals surface area contributed by atoms with Crippen molar-refractivity contribution in [1.29, 1.82) is 0 Å². The summed E-state index contributed by atoms with van der Waals surface area (Å²) in [7, 11) is 0. The first-order chi connectivity index (χ1) is 9.45. The van der Waals surface area contributed by atoms with E-state index in [1.807, 2.05) is 0 Å². The molecule has 0 atom stereocenters. The lowest BCUT2D eigenvalue weighted by atomic mass is 9.94. The first-order valence-electron chi connectivity index (χ1n) is 6.22. The second-order valence-corrected chi connectivity index (χ2v) is 4.78. The summed E-state index contributed by atoms with van der Waals surface area (Å²) in [6, 6.07) is 5.84. The molecule has 2 aromatic rings. The minimum atomic E-state index is -1.05. The second kappa shape index (κ2) is 5.40. The van der Waals surface area contributed by atoms with E-state index in [0.29, 0.717) is 5.56 Å². The predicted molar refractivity (Wildman–Crippen MR) is 69.4 cm³/mol. The van der Waals surface area contributed by atoms with E-state index in [-0.39, 0.29) is 18.3 Å². The average molecular weight is 278 g/mol. The summed E-state index contributed by atoms with van der Waals surface area (Å²) in [6.45, 7) is 5.26. The number of esters is 1. The fourth-order valence-corrected chi connectivity index (χ4v) is 1.62. The molecule has 0 unspecified atom stereocenters. The number of benzene rings is 1. The minimum absolute atomic E-state index is 0.134. The van der Waals surface area contributed by atoms with Gasteiger partial charge in [0, 0.05) is 5.56 Å². The number of hydrogen-bond donors (Lipinski definition) is 0. The molecule has 0 amide bonds. The normalized spacial score (nSPS) is 11.4. The van der Waals surface area contributed by atoms with Gasteiger partial charge in [0.15, 0.2) is 0 Å². The van der Waals surface area contributed by atoms with Crippen LogP contribution in [-0.4, -0.2) is 22.7 Å². The molecule has 0 N–H and O–H groups in total. The van der Waals surface area contributed by atoms with Crippen LogP contribution in [0.1, 0.15) is 26.7 Å². The van der Waals surface area contributed by atoms with Crippen LogP contribution in [0.3, 0.4) is 0 Å². The topological polar surface area (TPSA) is 65.2 Å². The molecule has 0 saturated heterocycles. The van der Waals surface area contributed by atoms with Gasteiger partial charge in [-0.25, -0.2) is 4.39 Å². The number of carbonyl (C=O) groups is 1. The van der Waals surface area contributed by atoms with Crippen LogP contribution in [0, 0.1) is 5.82 Å². The summed E-state index contributed by atoms with van der Waals surface area (Å²) in [6.07, 6.45) is 0. The van der Waals surface area contributed by atoms with Crippen molar-refractivity contribution in [2.24, 2.45) is 0 Å². The number of carbonyl (C=O) groups excluding carboxylic acids is 1. The van der Waals surface area contributed by atoms with Crippen LogP contribution in [-0.2, 0) is 14.9 Å². The van der Waals surface area contributed by atoms with Crippen LogP contribution >= 0.6 is 0 Å². The van der Waals surface area contributed by atoms with Crippen molar-refractivity contribution in [2.75, 3.05) is 6.61 Å². The molecule has 0 radical (unpaired) electrons. The highest BCUT2D eigenvalue weighted by Crippen LogP contribution is 2.26. The molecule has 0 fully saturated rings. The Morgan fingerprint density at radius 2 is 2.20 bits per heavy atom. The Kier molecular flexibility index (Phi) is 3.83. The maximum absolute atomic E-state index is 13.2. The second-order valence-electron chi connectivity index (χ2n) is 4.78. The molecule has 6 heteroatoms. The molecule has 0 aliphatic rings. The number of halogens is 1. The zero-order chi connectivity index (χ0) is 14.8. The first kappa shape index (κ1) is 14.2. The third kappa shape index (κ3) is 2.68. The van der Waals surface area contributed by atoms with Gasteiger partial charge in [0.1, 0.15) is 11.2 Å². The summed E-state index contributed by atoms with van der Waals surface area (Å²) in [4.78, 5) is 16.0. The van der Waals surface area contributed by atoms with Crippen molar-refractivity contribution in [1.82, 2.24) is 10.1 Å². The van der Waals surface area contributed by atoms with E-state index in [1.54, 1.807) is 32.9 Å². The molecule has 1 aromatic heterocycles. The van der Waals surface area contributed by atoms with Gasteiger partial charge in [0.05, 0.1) is 6.61 Å². The summed E-state index contributed by atoms with van der Waals surface area (Å²) >= 11 is 0. The highest BCUT2D eigenvalue weighted by Gasteiger charge is 2.37. The molecule has 1 aromatic carbocycles. The van der Waals surface area contributed by atoms with Gasteiger partial charge in [-0.1, -0.05) is 17.3 Å². The largest absolute Gasteiger partial charge is 0.465 e. The lowest BCUT2D eigenvalue weighted by molar-refractivity contribution is -0.149. The van der Waals surface area contributed by atoms with Gasteiger partial charge >= 0.3 is 5.97 Å². The maximum atomic E-state index is 13.2. The summed E-state index contributed by atoms with van der Waals surface area (Å²) in [5.74, 6) is -0.472. The van der Waals surface area contributed by atoms with Crippen molar-refractivity contribution < 1.29 is 18.4 Å². The Morgan fingerprint density at radius 3 is 2.85 bits per heavy atom. The van der Waals surface area contributed by atoms with Gasteiger partial charge in [-0.2, -0.15) is 4.98 Å². The molecule has 1 heterocycles. The van der Waals surface area contributed by atoms with Crippen LogP contribution in [0.25, 0.3) is 11.4 Å². The predicted octanol–water partition coefficient (Wildman–Crippen LogP) is 2.72. The van der Waals surface area contributed by atoms with E-state index >= 15 is 0 Å². The Balaban J connectivity index is 2.31. The van der Waals surface area contributed by atoms with E-state index in [9.17, 15) is 9.18 Å². The van der Waals surface area contributed by atoms with E-state index in [2.05, 4.69) is 10.1 Å². The summed E-state index contributed by atoms with van der Waals surface area (Å²) in [5.41, 5.74) is -0.561. The average Bonchev–Trinajstić information content (AvgIpc) is 2.89. The molecule has 0 bridgehead atoms. The van der Waals surface area contributed by atoms with Gasteiger partial charge < -0.3 is 9.26 Å². The van der Waals surface area contributed by atoms with Crippen molar-refractivity contribution in [3.63, 3.8) is 0 Å². The molecule has 20 heavy (non-hydrogen) atoms. The van der Waals surface area contributed by atoms with E-state index in [4.69, 9.17) is 9.26 Å². The third-order valence-corrected chi connectivity index (χ3v) is 2.83. The summed E-state index contributed by atoms with van der Waals surface area (Å²) < 4.78 is 23.2. The van der Waals surface area contributed by atoms with Gasteiger partial charge in [0.2, 0.25) is 11.7 Å². The smallest absolute Gasteiger partial charge is 0.321 e. The fraction of sp³-hybridized carbons (Fsp3) is 0.357. The lowest BCUT2D eigenvalue weighted by Crippen LogP contribution is -2.31. The third-order valence-electron chi connectivity index (χ3n) is 2.83. The zero-order valence-electron chi connectivity index (χ0n) is 11.5. The molecule has 0 saturated carbocycles. The van der Waals surface area contributed by atoms with Gasteiger partial charge in [-0.05, 0) is 32.9 Å². The van der Waals surface area contributed by atoms with E-state index < -0.39 is 17.2 Å². The van der Waals surface area contributed by atoms with Crippen LogP contribution in [0.2, 0.25) is 0 Å². The Hall–Kier alpha value is -2.24. The van der Waals surface area contributed by atoms with Crippen LogP contribution < -0.4 is 0 Å². The molecule has 2 rings (SSSR count). The SMILES string of the molecule is CCOC(=O)C(C)(C)c1nc(-c2cccc(F)c2)no1. The van der Waals surface area contributed by atoms with Crippen LogP contribution in [0.15, 0.2) is 28.8 Å². The van der Waals surface area contributed by atoms with Gasteiger partial charge in [-0.3, -0.25) is 4.79 Å². The van der Waals surface area contributed by atoms with Crippen LogP contribution in [0.4, 0.5) is 4.39 Å². The van der Waals surface area contributed by atoms with Crippen molar-refractivity contribution in [2.45, 2.75) is 26.2 Å². The fourth-order valence-electron chi connectivity index (χ4n) is 1.62. The number of nitrogens with zero attached hydrogens (tertiary/aromatic N) is 2. The zero-order valence-corrected chi connectivity index (χ0v) is 11.5. The number of ether oxygens (including phenoxy) is 1. The van der Waals surface area contributed by atoms with Crippen LogP contribution in [0.5, 0.6) is 0 Å². The molecule has 0 spiro atoms. The Morgan fingerprint density at radius 1 is 1.45 bits per heavy atom. The molecule has 0 aliphatic heterocycles. The standard InChI is InChI=1S/C14H15FN2O3/c1-4-19-13(18)14(2,3)12-16-11(17-20-12)9-6-5-7-10(15)8-9/h5-8H,4H2,1-3H3. The van der Waals surface area contributed by atoms with E-state index in [0.717, 1.165) is 0 Å². The monoisotopic (exact) mass is 278 g/mol. The molecule has 106 valence electrons. The highest BCUT2D eigenvalue weighted by atomic mass is 19.1. The lowest BCUT2D eigenvalue weighted by Gasteiger charge is -2.16. The quantitative estimate of drug-likeness (QED) is 0.804. The van der Waals surface area contributed by atoms with Gasteiger partial charge in [-0.15, -0.1) is 0 Å². The number of hydrogen-bond acceptors (Lipinski definition) is 5. The van der Waals surface area contributed by atoms with Gasteiger partial charge in [0.25, 0.3) is 0 Å². The molecular formula is C14H15FN2O3. The Labute approximate surface area is 115 Å².